The van der Waals surface area contributed by atoms with Crippen LogP contribution in [0.2, 0.25) is 5.02 Å². The Hall–Kier alpha value is -2.32. The molecular weight excluding hydrogens is 292 g/mol. The molecular formula is C19H17ClN2. The fourth-order valence-electron chi connectivity index (χ4n) is 2.38. The summed E-state index contributed by atoms with van der Waals surface area (Å²) in [6, 6.07) is 16.3. The molecule has 0 aliphatic rings. The third-order valence-corrected chi connectivity index (χ3v) is 3.93. The van der Waals surface area contributed by atoms with E-state index in [0.717, 1.165) is 22.0 Å². The minimum atomic E-state index is 0.683. The summed E-state index contributed by atoms with van der Waals surface area (Å²) in [7, 11) is 4.08. The summed E-state index contributed by atoms with van der Waals surface area (Å²) in [5, 5.41) is 1.75. The van der Waals surface area contributed by atoms with Gasteiger partial charge in [-0.1, -0.05) is 48.0 Å². The first-order valence-corrected chi connectivity index (χ1v) is 7.51. The zero-order valence-electron chi connectivity index (χ0n) is 12.6. The number of anilines is 1. The third kappa shape index (κ3) is 2.97. The minimum absolute atomic E-state index is 0.683. The van der Waals surface area contributed by atoms with Crippen molar-refractivity contribution in [3.63, 3.8) is 0 Å². The molecule has 3 heteroatoms. The normalized spacial score (nSPS) is 11.2. The van der Waals surface area contributed by atoms with Crippen molar-refractivity contribution in [2.75, 3.05) is 19.0 Å². The van der Waals surface area contributed by atoms with Gasteiger partial charge in [-0.3, -0.25) is 4.98 Å². The molecule has 2 aromatic carbocycles. The van der Waals surface area contributed by atoms with Crippen LogP contribution in [-0.4, -0.2) is 19.1 Å². The van der Waals surface area contributed by atoms with Crippen molar-refractivity contribution in [3.05, 3.63) is 70.9 Å². The van der Waals surface area contributed by atoms with Crippen LogP contribution < -0.4 is 4.90 Å². The average Bonchev–Trinajstić information content (AvgIpc) is 2.54. The maximum atomic E-state index is 6.20. The van der Waals surface area contributed by atoms with E-state index < -0.39 is 0 Å². The Morgan fingerprint density at radius 2 is 1.73 bits per heavy atom. The van der Waals surface area contributed by atoms with Crippen molar-refractivity contribution in [3.8, 4) is 0 Å². The minimum Gasteiger partial charge on any atom is -0.378 e. The Morgan fingerprint density at radius 3 is 2.45 bits per heavy atom. The van der Waals surface area contributed by atoms with Crippen LogP contribution >= 0.6 is 11.6 Å². The highest BCUT2D eigenvalue weighted by molar-refractivity contribution is 6.35. The molecule has 3 aromatic rings. The van der Waals surface area contributed by atoms with E-state index in [0.29, 0.717) is 5.02 Å². The number of fused-ring (bicyclic) bond motifs is 1. The number of hydrogen-bond donors (Lipinski definition) is 0. The maximum absolute atomic E-state index is 6.20. The predicted molar refractivity (Wildman–Crippen MR) is 96.5 cm³/mol. The van der Waals surface area contributed by atoms with Crippen molar-refractivity contribution < 1.29 is 0 Å². The molecule has 110 valence electrons. The van der Waals surface area contributed by atoms with E-state index in [1.165, 1.54) is 5.69 Å². The lowest BCUT2D eigenvalue weighted by atomic mass is 10.1. The summed E-state index contributed by atoms with van der Waals surface area (Å²) >= 11 is 6.20. The topological polar surface area (TPSA) is 16.1 Å². The van der Waals surface area contributed by atoms with Gasteiger partial charge in [0.15, 0.2) is 0 Å². The molecule has 0 N–H and O–H groups in total. The molecule has 0 saturated carbocycles. The number of pyridine rings is 1. The van der Waals surface area contributed by atoms with Gasteiger partial charge < -0.3 is 4.90 Å². The van der Waals surface area contributed by atoms with E-state index >= 15 is 0 Å². The molecule has 0 radical (unpaired) electrons. The van der Waals surface area contributed by atoms with E-state index in [-0.39, 0.29) is 0 Å². The second-order valence-electron chi connectivity index (χ2n) is 5.36. The van der Waals surface area contributed by atoms with Gasteiger partial charge in [0, 0.05) is 31.4 Å². The van der Waals surface area contributed by atoms with Crippen molar-refractivity contribution in [1.82, 2.24) is 4.98 Å². The van der Waals surface area contributed by atoms with Gasteiger partial charge in [-0.25, -0.2) is 0 Å². The molecule has 0 amide bonds. The van der Waals surface area contributed by atoms with Crippen LogP contribution in [0.1, 0.15) is 11.1 Å². The molecule has 0 aliphatic carbocycles. The molecule has 0 unspecified atom stereocenters. The zero-order chi connectivity index (χ0) is 15.5. The molecule has 3 rings (SSSR count). The van der Waals surface area contributed by atoms with Gasteiger partial charge >= 0.3 is 0 Å². The van der Waals surface area contributed by atoms with E-state index in [1.807, 2.05) is 38.4 Å². The largest absolute Gasteiger partial charge is 0.378 e. The number of rotatable bonds is 3. The van der Waals surface area contributed by atoms with Crippen molar-refractivity contribution in [1.29, 1.82) is 0 Å². The number of para-hydroxylation sites is 1. The Labute approximate surface area is 135 Å². The summed E-state index contributed by atoms with van der Waals surface area (Å²) in [5.41, 5.74) is 4.31. The lowest BCUT2D eigenvalue weighted by Gasteiger charge is -2.11. The molecule has 0 spiro atoms. The number of halogens is 1. The van der Waals surface area contributed by atoms with E-state index in [9.17, 15) is 0 Å². The van der Waals surface area contributed by atoms with Gasteiger partial charge in [0.1, 0.15) is 0 Å². The average molecular weight is 309 g/mol. The highest BCUT2D eigenvalue weighted by Gasteiger charge is 2.02. The first kappa shape index (κ1) is 14.6. The predicted octanol–water partition coefficient (Wildman–Crippen LogP) is 5.12. The quantitative estimate of drug-likeness (QED) is 0.667. The summed E-state index contributed by atoms with van der Waals surface area (Å²) in [6.07, 6.45) is 6.00. The summed E-state index contributed by atoms with van der Waals surface area (Å²) in [5.74, 6) is 0. The van der Waals surface area contributed by atoms with Crippen LogP contribution in [0.5, 0.6) is 0 Å². The fourth-order valence-corrected chi connectivity index (χ4v) is 2.60. The SMILES string of the molecule is CN(C)c1ccc(/C=C/c2ccnc3c(Cl)cccc23)cc1. The molecule has 0 saturated heterocycles. The second-order valence-corrected chi connectivity index (χ2v) is 5.76. The molecule has 22 heavy (non-hydrogen) atoms. The van der Waals surface area contributed by atoms with Crippen LogP contribution in [0.25, 0.3) is 23.1 Å². The molecule has 0 bridgehead atoms. The fraction of sp³-hybridized carbons (Fsp3) is 0.105. The monoisotopic (exact) mass is 308 g/mol. The van der Waals surface area contributed by atoms with E-state index in [4.69, 9.17) is 11.6 Å². The standard InChI is InChI=1S/C19H17ClN2/c1-22(2)16-10-7-14(8-11-16)6-9-15-12-13-21-19-17(15)4-3-5-18(19)20/h3-13H,1-2H3/b9-6+. The first-order valence-electron chi connectivity index (χ1n) is 7.14. The van der Waals surface area contributed by atoms with Gasteiger partial charge in [0.25, 0.3) is 0 Å². The van der Waals surface area contributed by atoms with Gasteiger partial charge in [0.2, 0.25) is 0 Å². The summed E-state index contributed by atoms with van der Waals surface area (Å²) in [4.78, 5) is 6.45. The van der Waals surface area contributed by atoms with Crippen LogP contribution in [0.4, 0.5) is 5.69 Å². The third-order valence-electron chi connectivity index (χ3n) is 3.62. The number of nitrogens with zero attached hydrogens (tertiary/aromatic N) is 2. The molecule has 1 aromatic heterocycles. The summed E-state index contributed by atoms with van der Waals surface area (Å²) in [6.45, 7) is 0. The van der Waals surface area contributed by atoms with Crippen LogP contribution in [0.3, 0.4) is 0 Å². The highest BCUT2D eigenvalue weighted by Crippen LogP contribution is 2.25. The van der Waals surface area contributed by atoms with Gasteiger partial charge in [-0.05, 0) is 35.4 Å². The zero-order valence-corrected chi connectivity index (χ0v) is 13.4. The van der Waals surface area contributed by atoms with Crippen molar-refractivity contribution in [2.45, 2.75) is 0 Å². The number of benzene rings is 2. The Kier molecular flexibility index (Phi) is 4.12. The Balaban J connectivity index is 1.94. The van der Waals surface area contributed by atoms with Crippen molar-refractivity contribution in [2.24, 2.45) is 0 Å². The first-order chi connectivity index (χ1) is 10.6. The lowest BCUT2D eigenvalue weighted by Crippen LogP contribution is -2.07. The maximum Gasteiger partial charge on any atom is 0.0894 e. The molecule has 1 heterocycles. The lowest BCUT2D eigenvalue weighted by molar-refractivity contribution is 1.13. The molecule has 0 fully saturated rings. The molecule has 2 nitrogen and oxygen atoms in total. The van der Waals surface area contributed by atoms with Crippen molar-refractivity contribution >= 4 is 40.3 Å². The second kappa shape index (κ2) is 6.20. The Bertz CT molecular complexity index is 820. The van der Waals surface area contributed by atoms with Gasteiger partial charge in [-0.2, -0.15) is 0 Å². The van der Waals surface area contributed by atoms with Gasteiger partial charge in [-0.15, -0.1) is 0 Å². The number of aromatic nitrogens is 1. The smallest absolute Gasteiger partial charge is 0.0894 e. The number of hydrogen-bond acceptors (Lipinski definition) is 2. The molecule has 0 aliphatic heterocycles. The summed E-state index contributed by atoms with van der Waals surface area (Å²) < 4.78 is 0. The van der Waals surface area contributed by atoms with E-state index in [2.05, 4.69) is 46.3 Å². The van der Waals surface area contributed by atoms with E-state index in [1.54, 1.807) is 6.20 Å². The van der Waals surface area contributed by atoms with Gasteiger partial charge in [0.05, 0.1) is 10.5 Å². The van der Waals surface area contributed by atoms with Crippen LogP contribution in [0.15, 0.2) is 54.7 Å². The Morgan fingerprint density at radius 1 is 0.955 bits per heavy atom. The van der Waals surface area contributed by atoms with Crippen LogP contribution in [-0.2, 0) is 0 Å². The highest BCUT2D eigenvalue weighted by atomic mass is 35.5. The van der Waals surface area contributed by atoms with Crippen LogP contribution in [0, 0.1) is 0 Å². The molecule has 0 atom stereocenters.